The molecule has 0 spiro atoms. The van der Waals surface area contributed by atoms with Gasteiger partial charge in [0.1, 0.15) is 6.10 Å². The maximum Gasteiger partial charge on any atom is 0.368 e. The van der Waals surface area contributed by atoms with Gasteiger partial charge in [-0.2, -0.15) is 0 Å². The maximum absolute atomic E-state index is 10.8. The standard InChI is InChI=1S/C9H8O2S/c10-9-11-8(6-12-9)7-4-2-1-3-5-7/h1-5,8H,6H2/t8-/m1/s1. The summed E-state index contributed by atoms with van der Waals surface area (Å²) in [5.74, 6) is 0.739. The third-order valence-electron chi connectivity index (χ3n) is 1.76. The van der Waals surface area contributed by atoms with Crippen molar-refractivity contribution in [2.45, 2.75) is 6.10 Å². The molecule has 1 aromatic carbocycles. The number of rotatable bonds is 1. The van der Waals surface area contributed by atoms with Gasteiger partial charge in [0.05, 0.1) is 0 Å². The van der Waals surface area contributed by atoms with Gasteiger partial charge in [-0.05, 0) is 17.3 Å². The zero-order chi connectivity index (χ0) is 8.39. The molecule has 2 nitrogen and oxygen atoms in total. The molecular formula is C9H8O2S. The zero-order valence-corrected chi connectivity index (χ0v) is 7.21. The lowest BCUT2D eigenvalue weighted by Gasteiger charge is -2.06. The molecular weight excluding hydrogens is 172 g/mol. The minimum atomic E-state index is -0.163. The number of cyclic esters (lactones) is 1. The van der Waals surface area contributed by atoms with Gasteiger partial charge in [-0.3, -0.25) is 0 Å². The molecule has 62 valence electrons. The van der Waals surface area contributed by atoms with E-state index in [2.05, 4.69) is 0 Å². The van der Waals surface area contributed by atoms with Crippen molar-refractivity contribution in [3.63, 3.8) is 0 Å². The maximum atomic E-state index is 10.8. The van der Waals surface area contributed by atoms with Crippen LogP contribution >= 0.6 is 11.8 Å². The molecule has 1 aliphatic rings. The van der Waals surface area contributed by atoms with E-state index in [1.165, 1.54) is 11.8 Å². The lowest BCUT2D eigenvalue weighted by molar-refractivity contribution is 0.145. The van der Waals surface area contributed by atoms with Crippen LogP contribution in [0.1, 0.15) is 11.7 Å². The third-order valence-corrected chi connectivity index (χ3v) is 2.56. The third kappa shape index (κ3) is 1.46. The minimum Gasteiger partial charge on any atom is -0.448 e. The van der Waals surface area contributed by atoms with E-state index in [1.54, 1.807) is 0 Å². The Morgan fingerprint density at radius 1 is 1.33 bits per heavy atom. The highest BCUT2D eigenvalue weighted by Gasteiger charge is 2.25. The number of carbonyl (C=O) groups excluding carboxylic acids is 1. The van der Waals surface area contributed by atoms with Crippen molar-refractivity contribution in [2.75, 3.05) is 5.75 Å². The molecule has 0 aromatic heterocycles. The Hall–Kier alpha value is -0.960. The van der Waals surface area contributed by atoms with Crippen LogP contribution in [0.2, 0.25) is 0 Å². The molecule has 12 heavy (non-hydrogen) atoms. The highest BCUT2D eigenvalue weighted by atomic mass is 32.2. The van der Waals surface area contributed by atoms with Crippen LogP contribution in [0.4, 0.5) is 4.79 Å². The molecule has 2 rings (SSSR count). The van der Waals surface area contributed by atoms with Crippen molar-refractivity contribution in [3.8, 4) is 0 Å². The fourth-order valence-corrected chi connectivity index (χ4v) is 1.89. The van der Waals surface area contributed by atoms with Gasteiger partial charge in [0.15, 0.2) is 0 Å². The second-order valence-electron chi connectivity index (χ2n) is 2.58. The second kappa shape index (κ2) is 3.19. The van der Waals surface area contributed by atoms with Crippen LogP contribution < -0.4 is 0 Å². The number of thioether (sulfide) groups is 1. The van der Waals surface area contributed by atoms with Gasteiger partial charge in [-0.1, -0.05) is 30.3 Å². The fourth-order valence-electron chi connectivity index (χ4n) is 1.16. The minimum absolute atomic E-state index is 0.0382. The molecule has 0 radical (unpaired) electrons. The van der Waals surface area contributed by atoms with Gasteiger partial charge in [0.25, 0.3) is 0 Å². The first-order valence-electron chi connectivity index (χ1n) is 3.74. The van der Waals surface area contributed by atoms with E-state index in [4.69, 9.17) is 4.74 Å². The van der Waals surface area contributed by atoms with Crippen LogP contribution in [0.3, 0.4) is 0 Å². The Morgan fingerprint density at radius 2 is 2.08 bits per heavy atom. The number of ether oxygens (including phenoxy) is 1. The highest BCUT2D eigenvalue weighted by molar-refractivity contribution is 8.13. The van der Waals surface area contributed by atoms with Crippen LogP contribution in [-0.2, 0) is 4.74 Å². The van der Waals surface area contributed by atoms with E-state index in [9.17, 15) is 4.79 Å². The largest absolute Gasteiger partial charge is 0.448 e. The molecule has 0 saturated carbocycles. The van der Waals surface area contributed by atoms with Crippen molar-refractivity contribution in [1.82, 2.24) is 0 Å². The van der Waals surface area contributed by atoms with Crippen molar-refractivity contribution in [1.29, 1.82) is 0 Å². The Balaban J connectivity index is 2.16. The van der Waals surface area contributed by atoms with E-state index in [0.29, 0.717) is 0 Å². The number of hydrogen-bond acceptors (Lipinski definition) is 3. The highest BCUT2D eigenvalue weighted by Crippen LogP contribution is 2.31. The van der Waals surface area contributed by atoms with Gasteiger partial charge < -0.3 is 4.74 Å². The molecule has 1 saturated heterocycles. The van der Waals surface area contributed by atoms with E-state index >= 15 is 0 Å². The second-order valence-corrected chi connectivity index (χ2v) is 3.53. The first-order valence-corrected chi connectivity index (χ1v) is 4.73. The fraction of sp³-hybridized carbons (Fsp3) is 0.222. The summed E-state index contributed by atoms with van der Waals surface area (Å²) in [4.78, 5) is 10.8. The quantitative estimate of drug-likeness (QED) is 0.621. The van der Waals surface area contributed by atoms with Crippen molar-refractivity contribution in [3.05, 3.63) is 35.9 Å². The monoisotopic (exact) mass is 180 g/mol. The molecule has 3 heteroatoms. The van der Waals surface area contributed by atoms with Gasteiger partial charge >= 0.3 is 5.30 Å². The molecule has 1 heterocycles. The summed E-state index contributed by atoms with van der Waals surface area (Å²) in [5, 5.41) is -0.163. The summed E-state index contributed by atoms with van der Waals surface area (Å²) in [6, 6.07) is 9.80. The lowest BCUT2D eigenvalue weighted by Crippen LogP contribution is -1.99. The van der Waals surface area contributed by atoms with E-state index in [-0.39, 0.29) is 11.4 Å². The van der Waals surface area contributed by atoms with Crippen molar-refractivity contribution >= 4 is 17.1 Å². The number of hydrogen-bond donors (Lipinski definition) is 0. The molecule has 0 bridgehead atoms. The molecule has 0 unspecified atom stereocenters. The molecule has 0 amide bonds. The van der Waals surface area contributed by atoms with Gasteiger partial charge in [0, 0.05) is 5.75 Å². The summed E-state index contributed by atoms with van der Waals surface area (Å²) in [6.07, 6.45) is -0.0382. The van der Waals surface area contributed by atoms with Gasteiger partial charge in [-0.25, -0.2) is 4.79 Å². The van der Waals surface area contributed by atoms with Crippen LogP contribution in [0.15, 0.2) is 30.3 Å². The molecule has 1 aromatic rings. The first kappa shape index (κ1) is 7.68. The molecule has 1 aliphatic heterocycles. The molecule has 0 N–H and O–H groups in total. The van der Waals surface area contributed by atoms with E-state index < -0.39 is 0 Å². The van der Waals surface area contributed by atoms with Crippen molar-refractivity contribution in [2.24, 2.45) is 0 Å². The van der Waals surface area contributed by atoms with E-state index in [0.717, 1.165) is 11.3 Å². The Labute approximate surface area is 74.9 Å². The van der Waals surface area contributed by atoms with Gasteiger partial charge in [-0.15, -0.1) is 0 Å². The van der Waals surface area contributed by atoms with Gasteiger partial charge in [0.2, 0.25) is 0 Å². The normalized spacial score (nSPS) is 22.3. The van der Waals surface area contributed by atoms with Crippen LogP contribution in [0, 0.1) is 0 Å². The smallest absolute Gasteiger partial charge is 0.368 e. The molecule has 0 aliphatic carbocycles. The van der Waals surface area contributed by atoms with Crippen molar-refractivity contribution < 1.29 is 9.53 Å². The average Bonchev–Trinajstić information content (AvgIpc) is 2.54. The van der Waals surface area contributed by atoms with Crippen LogP contribution in [-0.4, -0.2) is 11.1 Å². The Morgan fingerprint density at radius 3 is 2.67 bits per heavy atom. The summed E-state index contributed by atoms with van der Waals surface area (Å²) < 4.78 is 5.07. The lowest BCUT2D eigenvalue weighted by atomic mass is 10.1. The van der Waals surface area contributed by atoms with Crippen LogP contribution in [0.5, 0.6) is 0 Å². The number of carbonyl (C=O) groups is 1. The Kier molecular flexibility index (Phi) is 2.04. The summed E-state index contributed by atoms with van der Waals surface area (Å²) >= 11 is 1.24. The first-order chi connectivity index (χ1) is 5.86. The topological polar surface area (TPSA) is 26.3 Å². The van der Waals surface area contributed by atoms with Crippen LogP contribution in [0.25, 0.3) is 0 Å². The summed E-state index contributed by atoms with van der Waals surface area (Å²) in [6.45, 7) is 0. The zero-order valence-electron chi connectivity index (χ0n) is 6.40. The average molecular weight is 180 g/mol. The predicted molar refractivity (Wildman–Crippen MR) is 48.1 cm³/mol. The number of benzene rings is 1. The summed E-state index contributed by atoms with van der Waals surface area (Å²) in [5.41, 5.74) is 1.08. The molecule has 1 atom stereocenters. The Bertz CT molecular complexity index is 284. The van der Waals surface area contributed by atoms with E-state index in [1.807, 2.05) is 30.3 Å². The molecule has 1 fully saturated rings. The summed E-state index contributed by atoms with van der Waals surface area (Å²) in [7, 11) is 0. The predicted octanol–water partition coefficient (Wildman–Crippen LogP) is 2.61. The SMILES string of the molecule is O=C1O[C@@H](c2ccccc2)CS1.